The first kappa shape index (κ1) is 18.4. The van der Waals surface area contributed by atoms with E-state index < -0.39 is 18.0 Å². The number of nitrogens with one attached hydrogen (secondary N) is 1. The number of anilines is 1. The molecule has 6 nitrogen and oxygen atoms in total. The third kappa shape index (κ3) is 3.32. The number of amides is 1. The van der Waals surface area contributed by atoms with Crippen molar-refractivity contribution in [3.05, 3.63) is 45.6 Å². The quantitative estimate of drug-likeness (QED) is 0.680. The third-order valence-corrected chi connectivity index (χ3v) is 5.79. The van der Waals surface area contributed by atoms with Gasteiger partial charge in [-0.25, -0.2) is 4.79 Å². The molecule has 0 unspecified atom stereocenters. The Balaban J connectivity index is 1.74. The second kappa shape index (κ2) is 7.09. The number of carbonyl (C=O) groups excluding carboxylic acids is 2. The van der Waals surface area contributed by atoms with Crippen LogP contribution in [-0.2, 0) is 16.6 Å². The molecule has 0 saturated carbocycles. The molecule has 26 heavy (non-hydrogen) atoms. The third-order valence-electron chi connectivity index (χ3n) is 4.13. The molecular weight excluding hydrogens is 374 g/mol. The first-order valence-corrected chi connectivity index (χ1v) is 9.18. The minimum atomic E-state index is -0.970. The number of hydrogen-bond donors (Lipinski definition) is 1. The minimum absolute atomic E-state index is 0.293. The van der Waals surface area contributed by atoms with E-state index in [-0.39, 0.29) is 0 Å². The van der Waals surface area contributed by atoms with E-state index in [0.29, 0.717) is 21.3 Å². The van der Waals surface area contributed by atoms with Crippen LogP contribution in [0, 0.1) is 13.8 Å². The van der Waals surface area contributed by atoms with Crippen LogP contribution in [0.2, 0.25) is 5.02 Å². The number of aryl methyl sites for hydroxylation is 2. The molecule has 2 heterocycles. The molecule has 8 heteroatoms. The fourth-order valence-corrected chi connectivity index (χ4v) is 3.98. The molecule has 3 aromatic rings. The van der Waals surface area contributed by atoms with Crippen molar-refractivity contribution in [3.8, 4) is 0 Å². The molecule has 0 spiro atoms. The van der Waals surface area contributed by atoms with Crippen molar-refractivity contribution in [2.24, 2.45) is 7.05 Å². The number of fused-ring (bicyclic) bond motifs is 1. The van der Waals surface area contributed by atoms with E-state index in [2.05, 4.69) is 10.4 Å². The Hall–Kier alpha value is -2.38. The number of halogens is 1. The van der Waals surface area contributed by atoms with Crippen LogP contribution < -0.4 is 5.32 Å². The first-order valence-electron chi connectivity index (χ1n) is 7.98. The van der Waals surface area contributed by atoms with Crippen molar-refractivity contribution in [1.82, 2.24) is 9.78 Å². The SMILES string of the molecule is Cc1nn(C)c(C)c1NC(=O)[C@H](C)OC(=O)c1sc2ccccc2c1Cl. The smallest absolute Gasteiger partial charge is 0.350 e. The minimum Gasteiger partial charge on any atom is -0.448 e. The van der Waals surface area contributed by atoms with Crippen molar-refractivity contribution < 1.29 is 14.3 Å². The van der Waals surface area contributed by atoms with Gasteiger partial charge >= 0.3 is 5.97 Å². The lowest BCUT2D eigenvalue weighted by Crippen LogP contribution is -2.30. The van der Waals surface area contributed by atoms with E-state index in [1.54, 1.807) is 18.7 Å². The van der Waals surface area contributed by atoms with Gasteiger partial charge in [0.2, 0.25) is 0 Å². The summed E-state index contributed by atoms with van der Waals surface area (Å²) in [7, 11) is 1.80. The van der Waals surface area contributed by atoms with Crippen LogP contribution in [0.3, 0.4) is 0 Å². The molecule has 0 aliphatic heterocycles. The maximum absolute atomic E-state index is 12.4. The largest absolute Gasteiger partial charge is 0.448 e. The van der Waals surface area contributed by atoms with Gasteiger partial charge in [0.05, 0.1) is 22.1 Å². The van der Waals surface area contributed by atoms with Crippen molar-refractivity contribution in [2.45, 2.75) is 26.9 Å². The zero-order valence-corrected chi connectivity index (χ0v) is 16.4. The molecule has 2 aromatic heterocycles. The van der Waals surface area contributed by atoms with Crippen LogP contribution in [-0.4, -0.2) is 27.8 Å². The topological polar surface area (TPSA) is 73.2 Å². The lowest BCUT2D eigenvalue weighted by Gasteiger charge is -2.13. The van der Waals surface area contributed by atoms with Gasteiger partial charge in [0.25, 0.3) is 5.91 Å². The Kier molecular flexibility index (Phi) is 5.02. The molecule has 1 N–H and O–H groups in total. The summed E-state index contributed by atoms with van der Waals surface area (Å²) < 4.78 is 7.89. The lowest BCUT2D eigenvalue weighted by atomic mass is 10.2. The summed E-state index contributed by atoms with van der Waals surface area (Å²) in [4.78, 5) is 25.1. The number of nitrogens with zero attached hydrogens (tertiary/aromatic N) is 2. The molecule has 0 radical (unpaired) electrons. The van der Waals surface area contributed by atoms with Crippen LogP contribution in [0.25, 0.3) is 10.1 Å². The summed E-state index contributed by atoms with van der Waals surface area (Å²) in [5.74, 6) is -1.03. The molecule has 0 aliphatic carbocycles. The predicted molar refractivity (Wildman–Crippen MR) is 103 cm³/mol. The molecule has 0 bridgehead atoms. The number of benzene rings is 1. The maximum Gasteiger partial charge on any atom is 0.350 e. The van der Waals surface area contributed by atoms with E-state index in [0.717, 1.165) is 15.8 Å². The average molecular weight is 392 g/mol. The Morgan fingerprint density at radius 1 is 1.31 bits per heavy atom. The van der Waals surface area contributed by atoms with E-state index in [1.165, 1.54) is 18.3 Å². The van der Waals surface area contributed by atoms with Gasteiger partial charge in [-0.3, -0.25) is 9.48 Å². The zero-order chi connectivity index (χ0) is 19.0. The van der Waals surface area contributed by atoms with Crippen LogP contribution in [0.1, 0.15) is 28.0 Å². The van der Waals surface area contributed by atoms with Gasteiger partial charge in [0.1, 0.15) is 4.88 Å². The Morgan fingerprint density at radius 2 is 2.00 bits per heavy atom. The van der Waals surface area contributed by atoms with Crippen LogP contribution in [0.15, 0.2) is 24.3 Å². The summed E-state index contributed by atoms with van der Waals surface area (Å²) in [6, 6.07) is 7.45. The van der Waals surface area contributed by atoms with Gasteiger partial charge in [-0.1, -0.05) is 29.8 Å². The van der Waals surface area contributed by atoms with Crippen LogP contribution >= 0.6 is 22.9 Å². The molecule has 1 aromatic carbocycles. The second-order valence-electron chi connectivity index (χ2n) is 5.95. The van der Waals surface area contributed by atoms with Gasteiger partial charge < -0.3 is 10.1 Å². The molecule has 1 atom stereocenters. The standard InChI is InChI=1S/C18H18ClN3O3S/c1-9-15(10(2)22(4)21-9)20-17(23)11(3)25-18(24)16-14(19)12-7-5-6-8-13(12)26-16/h5-8,11H,1-4H3,(H,20,23)/t11-/m0/s1. The number of aromatic nitrogens is 2. The number of esters is 1. The summed E-state index contributed by atoms with van der Waals surface area (Å²) in [5.41, 5.74) is 2.15. The highest BCUT2D eigenvalue weighted by atomic mass is 35.5. The molecule has 0 saturated heterocycles. The predicted octanol–water partition coefficient (Wildman–Crippen LogP) is 4.09. The normalized spacial score (nSPS) is 12.2. The Morgan fingerprint density at radius 3 is 2.62 bits per heavy atom. The van der Waals surface area contributed by atoms with E-state index in [9.17, 15) is 9.59 Å². The van der Waals surface area contributed by atoms with Crippen molar-refractivity contribution >= 4 is 50.6 Å². The molecule has 0 fully saturated rings. The second-order valence-corrected chi connectivity index (χ2v) is 7.38. The highest BCUT2D eigenvalue weighted by Crippen LogP contribution is 2.35. The maximum atomic E-state index is 12.4. The number of thiophene rings is 1. The molecule has 0 aliphatic rings. The van der Waals surface area contributed by atoms with Crippen LogP contribution in [0.5, 0.6) is 0 Å². The zero-order valence-electron chi connectivity index (χ0n) is 14.8. The van der Waals surface area contributed by atoms with Gasteiger partial charge in [-0.2, -0.15) is 5.10 Å². The van der Waals surface area contributed by atoms with E-state index in [4.69, 9.17) is 16.3 Å². The number of rotatable bonds is 4. The Bertz CT molecular complexity index is 1010. The number of hydrogen-bond acceptors (Lipinski definition) is 5. The fourth-order valence-electron chi connectivity index (χ4n) is 2.59. The summed E-state index contributed by atoms with van der Waals surface area (Å²) in [5, 5.41) is 8.16. The summed E-state index contributed by atoms with van der Waals surface area (Å²) in [6.45, 7) is 5.18. The van der Waals surface area contributed by atoms with Gasteiger partial charge in [-0.05, 0) is 26.8 Å². The average Bonchev–Trinajstić information content (AvgIpc) is 3.06. The fraction of sp³-hybridized carbons (Fsp3) is 0.278. The summed E-state index contributed by atoms with van der Waals surface area (Å²) in [6.07, 6.45) is -0.970. The Labute approximate surface area is 159 Å². The van der Waals surface area contributed by atoms with Gasteiger partial charge in [-0.15, -0.1) is 11.3 Å². The molecular formula is C18H18ClN3O3S. The van der Waals surface area contributed by atoms with Crippen molar-refractivity contribution in [2.75, 3.05) is 5.32 Å². The highest BCUT2D eigenvalue weighted by molar-refractivity contribution is 7.21. The number of carbonyl (C=O) groups is 2. The van der Waals surface area contributed by atoms with Gasteiger partial charge in [0, 0.05) is 17.1 Å². The molecule has 136 valence electrons. The van der Waals surface area contributed by atoms with Crippen LogP contribution in [0.4, 0.5) is 5.69 Å². The van der Waals surface area contributed by atoms with Crippen molar-refractivity contribution in [1.29, 1.82) is 0 Å². The van der Waals surface area contributed by atoms with Gasteiger partial charge in [0.15, 0.2) is 6.10 Å². The first-order chi connectivity index (χ1) is 12.3. The highest BCUT2D eigenvalue weighted by Gasteiger charge is 2.24. The molecule has 1 amide bonds. The summed E-state index contributed by atoms with van der Waals surface area (Å²) >= 11 is 7.53. The van der Waals surface area contributed by atoms with E-state index in [1.807, 2.05) is 31.2 Å². The lowest BCUT2D eigenvalue weighted by molar-refractivity contribution is -0.123. The molecule has 3 rings (SSSR count). The number of ether oxygens (including phenoxy) is 1. The monoisotopic (exact) mass is 391 g/mol. The van der Waals surface area contributed by atoms with E-state index >= 15 is 0 Å². The van der Waals surface area contributed by atoms with Crippen molar-refractivity contribution in [3.63, 3.8) is 0 Å².